The van der Waals surface area contributed by atoms with Crippen LogP contribution in [0.1, 0.15) is 17.9 Å². The monoisotopic (exact) mass is 444 g/mol. The summed E-state index contributed by atoms with van der Waals surface area (Å²) in [5, 5.41) is 0. The van der Waals surface area contributed by atoms with E-state index in [1.54, 1.807) is 6.07 Å². The molecule has 0 radical (unpaired) electrons. The molecule has 0 aliphatic carbocycles. The Balaban J connectivity index is 2.03. The average molecular weight is 444 g/mol. The third-order valence-electron chi connectivity index (χ3n) is 5.13. The van der Waals surface area contributed by atoms with Gasteiger partial charge in [-0.3, -0.25) is 4.79 Å². The molecule has 1 atom stereocenters. The number of benzene rings is 2. The van der Waals surface area contributed by atoms with Crippen LogP contribution in [0.25, 0.3) is 11.1 Å². The van der Waals surface area contributed by atoms with Crippen LogP contribution in [0.4, 0.5) is 5.69 Å². The number of carbonyl (C=O) groups is 2. The molecule has 0 bridgehead atoms. The first-order valence-electron chi connectivity index (χ1n) is 10.1. The Labute approximate surface area is 193 Å². The van der Waals surface area contributed by atoms with E-state index in [0.717, 1.165) is 16.8 Å². The fourth-order valence-electron chi connectivity index (χ4n) is 3.53. The Hall–Kier alpha value is -4.36. The summed E-state index contributed by atoms with van der Waals surface area (Å²) in [5.74, 6) is 2.67. The first kappa shape index (κ1) is 23.3. The van der Waals surface area contributed by atoms with Gasteiger partial charge in [0, 0.05) is 31.3 Å². The summed E-state index contributed by atoms with van der Waals surface area (Å²) >= 11 is 0. The van der Waals surface area contributed by atoms with Crippen molar-refractivity contribution in [1.29, 1.82) is 0 Å². The molecule has 7 nitrogen and oxygen atoms in total. The zero-order valence-electron chi connectivity index (χ0n) is 18.5. The van der Waals surface area contributed by atoms with Crippen LogP contribution in [-0.2, 0) is 19.1 Å². The van der Waals surface area contributed by atoms with Gasteiger partial charge in [-0.2, -0.15) is 0 Å². The fraction of sp³-hybridized carbons (Fsp3) is 0.231. The lowest BCUT2D eigenvalue weighted by Gasteiger charge is -2.28. The van der Waals surface area contributed by atoms with Gasteiger partial charge in [0.25, 0.3) is 0 Å². The van der Waals surface area contributed by atoms with Crippen LogP contribution in [0.2, 0.25) is 0 Å². The number of hydrogen-bond donors (Lipinski definition) is 1. The number of terminal acetylenes is 2. The van der Waals surface area contributed by atoms with Gasteiger partial charge < -0.3 is 24.8 Å². The third-order valence-corrected chi connectivity index (χ3v) is 5.13. The van der Waals surface area contributed by atoms with E-state index in [1.165, 1.54) is 0 Å². The van der Waals surface area contributed by atoms with Crippen LogP contribution >= 0.6 is 0 Å². The van der Waals surface area contributed by atoms with Crippen molar-refractivity contribution in [2.45, 2.75) is 12.3 Å². The minimum absolute atomic E-state index is 0.00973. The number of nitrogens with two attached hydrogens (primary N) is 1. The van der Waals surface area contributed by atoms with E-state index < -0.39 is 17.9 Å². The summed E-state index contributed by atoms with van der Waals surface area (Å²) in [6.45, 7) is -0.418. The molecule has 0 saturated carbocycles. The second kappa shape index (κ2) is 10.3. The van der Waals surface area contributed by atoms with E-state index in [4.69, 9.17) is 32.8 Å². The molecule has 0 amide bonds. The molecule has 1 heterocycles. The zero-order chi connectivity index (χ0) is 24.0. The molecule has 3 rings (SSSR count). The molecule has 2 aromatic carbocycles. The Bertz CT molecular complexity index is 1170. The van der Waals surface area contributed by atoms with Crippen molar-refractivity contribution in [2.24, 2.45) is 5.73 Å². The van der Waals surface area contributed by atoms with Gasteiger partial charge in [-0.05, 0) is 35.4 Å². The molecule has 0 aromatic heterocycles. The zero-order valence-corrected chi connectivity index (χ0v) is 18.5. The van der Waals surface area contributed by atoms with Crippen LogP contribution in [0.5, 0.6) is 5.75 Å². The predicted molar refractivity (Wildman–Crippen MR) is 125 cm³/mol. The fourth-order valence-corrected chi connectivity index (χ4v) is 3.53. The Morgan fingerprint density at radius 3 is 2.30 bits per heavy atom. The summed E-state index contributed by atoms with van der Waals surface area (Å²) in [4.78, 5) is 27.1. The number of fused-ring (bicyclic) bond motifs is 1. The first-order chi connectivity index (χ1) is 15.8. The average Bonchev–Trinajstić information content (AvgIpc) is 2.81. The number of esters is 2. The topological polar surface area (TPSA) is 91.1 Å². The maximum atomic E-state index is 12.7. The van der Waals surface area contributed by atoms with Crippen LogP contribution in [0, 0.1) is 24.7 Å². The lowest BCUT2D eigenvalue weighted by Crippen LogP contribution is -2.28. The lowest BCUT2D eigenvalue weighted by atomic mass is 9.84. The van der Waals surface area contributed by atoms with Gasteiger partial charge in [0.15, 0.2) is 13.2 Å². The van der Waals surface area contributed by atoms with Crippen molar-refractivity contribution in [3.8, 4) is 41.6 Å². The summed E-state index contributed by atoms with van der Waals surface area (Å²) in [5.41, 5.74) is 9.54. The smallest absolute Gasteiger partial charge is 0.341 e. The van der Waals surface area contributed by atoms with E-state index in [1.807, 2.05) is 55.4 Å². The highest BCUT2D eigenvalue weighted by Crippen LogP contribution is 2.42. The first-order valence-corrected chi connectivity index (χ1v) is 10.1. The SMILES string of the molecule is C#CCOC(=O)CC1C(C(=O)OCC#C)=C(N)Oc2ccc(-c3ccc(N(C)C)cc3)cc21. The van der Waals surface area contributed by atoms with Crippen LogP contribution < -0.4 is 15.4 Å². The number of nitrogens with zero attached hydrogens (tertiary/aromatic N) is 1. The van der Waals surface area contributed by atoms with Crippen molar-refractivity contribution in [3.63, 3.8) is 0 Å². The van der Waals surface area contributed by atoms with Gasteiger partial charge >= 0.3 is 11.9 Å². The molecule has 1 unspecified atom stereocenters. The predicted octanol–water partition coefficient (Wildman–Crippen LogP) is 2.81. The van der Waals surface area contributed by atoms with Crippen LogP contribution in [-0.4, -0.2) is 39.2 Å². The minimum atomic E-state index is -0.759. The van der Waals surface area contributed by atoms with Crippen molar-refractivity contribution in [2.75, 3.05) is 32.2 Å². The van der Waals surface area contributed by atoms with Crippen molar-refractivity contribution in [3.05, 3.63) is 59.5 Å². The summed E-state index contributed by atoms with van der Waals surface area (Å²) in [6.07, 6.45) is 10.2. The lowest BCUT2D eigenvalue weighted by molar-refractivity contribution is -0.142. The largest absolute Gasteiger partial charge is 0.452 e. The normalized spacial score (nSPS) is 14.2. The van der Waals surface area contributed by atoms with Gasteiger partial charge in [0.2, 0.25) is 5.88 Å². The van der Waals surface area contributed by atoms with E-state index in [9.17, 15) is 9.59 Å². The highest BCUT2D eigenvalue weighted by Gasteiger charge is 2.36. The number of ether oxygens (including phenoxy) is 3. The number of carbonyl (C=O) groups excluding carboxylic acids is 2. The van der Waals surface area contributed by atoms with E-state index in [2.05, 4.69) is 11.8 Å². The molecule has 0 saturated heterocycles. The highest BCUT2D eigenvalue weighted by atomic mass is 16.5. The maximum Gasteiger partial charge on any atom is 0.341 e. The molecule has 2 N–H and O–H groups in total. The van der Waals surface area contributed by atoms with Gasteiger partial charge in [-0.1, -0.05) is 30.0 Å². The molecular weight excluding hydrogens is 420 g/mol. The van der Waals surface area contributed by atoms with Gasteiger partial charge in [0.1, 0.15) is 11.3 Å². The molecule has 1 aliphatic rings. The third kappa shape index (κ3) is 5.28. The Morgan fingerprint density at radius 2 is 1.67 bits per heavy atom. The van der Waals surface area contributed by atoms with Crippen molar-refractivity contribution in [1.82, 2.24) is 0 Å². The number of rotatable bonds is 7. The molecule has 1 aliphatic heterocycles. The molecule has 7 heteroatoms. The summed E-state index contributed by atoms with van der Waals surface area (Å²) < 4.78 is 15.8. The minimum Gasteiger partial charge on any atom is -0.452 e. The number of anilines is 1. The van der Waals surface area contributed by atoms with Crippen molar-refractivity contribution >= 4 is 17.6 Å². The number of hydrogen-bond acceptors (Lipinski definition) is 7. The van der Waals surface area contributed by atoms with Gasteiger partial charge in [-0.15, -0.1) is 12.8 Å². The molecule has 0 spiro atoms. The van der Waals surface area contributed by atoms with E-state index >= 15 is 0 Å². The quantitative estimate of drug-likeness (QED) is 0.519. The maximum absolute atomic E-state index is 12.7. The second-order valence-corrected chi connectivity index (χ2v) is 7.48. The van der Waals surface area contributed by atoms with Crippen LogP contribution in [0.15, 0.2) is 53.9 Å². The Morgan fingerprint density at radius 1 is 1.03 bits per heavy atom. The van der Waals surface area contributed by atoms with Gasteiger partial charge in [-0.25, -0.2) is 4.79 Å². The summed E-state index contributed by atoms with van der Waals surface area (Å²) in [7, 11) is 3.93. The summed E-state index contributed by atoms with van der Waals surface area (Å²) in [6, 6.07) is 13.5. The van der Waals surface area contributed by atoms with Crippen molar-refractivity contribution < 1.29 is 23.8 Å². The second-order valence-electron chi connectivity index (χ2n) is 7.48. The molecule has 168 valence electrons. The van der Waals surface area contributed by atoms with Gasteiger partial charge in [0.05, 0.1) is 6.42 Å². The van der Waals surface area contributed by atoms with E-state index in [0.29, 0.717) is 11.3 Å². The molecule has 33 heavy (non-hydrogen) atoms. The van der Waals surface area contributed by atoms with E-state index in [-0.39, 0.29) is 31.1 Å². The highest BCUT2D eigenvalue weighted by molar-refractivity contribution is 5.93. The molecule has 2 aromatic rings. The molecule has 0 fully saturated rings. The Kier molecular flexibility index (Phi) is 7.27. The van der Waals surface area contributed by atoms with Crippen LogP contribution in [0.3, 0.4) is 0 Å². The standard InChI is InChI=1S/C26H24N2O5/c1-5-13-31-23(29)16-21-20-15-18(17-7-10-19(11-8-17)28(3)4)9-12-22(20)33-25(27)24(21)26(30)32-14-6-2/h1-2,7-12,15,21H,13-14,16,27H2,3-4H3. The molecular formula is C26H24N2O5.